The van der Waals surface area contributed by atoms with Crippen molar-refractivity contribution in [2.45, 2.75) is 38.8 Å². The molecule has 0 bridgehead atoms. The third-order valence-corrected chi connectivity index (χ3v) is 2.39. The van der Waals surface area contributed by atoms with Gasteiger partial charge in [-0.25, -0.2) is 0 Å². The number of hydrogen-bond donors (Lipinski definition) is 2. The summed E-state index contributed by atoms with van der Waals surface area (Å²) >= 11 is 5.72. The zero-order chi connectivity index (χ0) is 12.2. The van der Waals surface area contributed by atoms with Crippen LogP contribution in [0.4, 0.5) is 0 Å². The Bertz CT molecular complexity index is 319. The Balaban J connectivity index is 2.41. The van der Waals surface area contributed by atoms with Crippen LogP contribution in [-0.2, 0) is 0 Å². The van der Waals surface area contributed by atoms with E-state index in [0.717, 1.165) is 6.54 Å². The van der Waals surface area contributed by atoms with Crippen molar-refractivity contribution < 1.29 is 5.11 Å². The number of aromatic nitrogens is 1. The molecule has 16 heavy (non-hydrogen) atoms. The summed E-state index contributed by atoms with van der Waals surface area (Å²) in [5.74, 6) is 0. The first-order chi connectivity index (χ1) is 7.38. The second-order valence-electron chi connectivity index (χ2n) is 4.88. The second kappa shape index (κ2) is 5.62. The van der Waals surface area contributed by atoms with Gasteiger partial charge in [-0.1, -0.05) is 11.6 Å². The van der Waals surface area contributed by atoms with Crippen molar-refractivity contribution >= 4 is 11.6 Å². The van der Waals surface area contributed by atoms with Gasteiger partial charge in [0.1, 0.15) is 0 Å². The van der Waals surface area contributed by atoms with Crippen LogP contribution in [0.2, 0.25) is 5.02 Å². The van der Waals surface area contributed by atoms with Crippen molar-refractivity contribution in [3.8, 4) is 0 Å². The molecule has 1 atom stereocenters. The lowest BCUT2D eigenvalue weighted by molar-refractivity contribution is 0.159. The number of rotatable bonds is 4. The van der Waals surface area contributed by atoms with Gasteiger partial charge in [-0.05, 0) is 45.9 Å². The summed E-state index contributed by atoms with van der Waals surface area (Å²) in [7, 11) is 0. The standard InChI is InChI=1S/C12H19ClN2O/c1-12(2,3)15-7-6-11(16)10-5-4-9(13)8-14-10/h4-5,8,11,15-16H,6-7H2,1-3H3. The summed E-state index contributed by atoms with van der Waals surface area (Å²) in [6.07, 6.45) is 1.66. The minimum Gasteiger partial charge on any atom is -0.387 e. The van der Waals surface area contributed by atoms with E-state index in [1.165, 1.54) is 0 Å². The molecule has 3 nitrogen and oxygen atoms in total. The Morgan fingerprint density at radius 1 is 1.44 bits per heavy atom. The molecule has 0 radical (unpaired) electrons. The van der Waals surface area contributed by atoms with Crippen LogP contribution in [0.3, 0.4) is 0 Å². The van der Waals surface area contributed by atoms with E-state index >= 15 is 0 Å². The fraction of sp³-hybridized carbons (Fsp3) is 0.583. The third kappa shape index (κ3) is 4.92. The van der Waals surface area contributed by atoms with Crippen molar-refractivity contribution in [1.82, 2.24) is 10.3 Å². The van der Waals surface area contributed by atoms with E-state index in [2.05, 4.69) is 31.1 Å². The van der Waals surface area contributed by atoms with E-state index in [0.29, 0.717) is 17.1 Å². The number of aliphatic hydroxyl groups excluding tert-OH is 1. The number of nitrogens with one attached hydrogen (secondary N) is 1. The Morgan fingerprint density at radius 2 is 2.12 bits per heavy atom. The summed E-state index contributed by atoms with van der Waals surface area (Å²) in [4.78, 5) is 4.08. The molecule has 2 N–H and O–H groups in total. The van der Waals surface area contributed by atoms with Gasteiger partial charge in [-0.15, -0.1) is 0 Å². The van der Waals surface area contributed by atoms with Gasteiger partial charge in [0.2, 0.25) is 0 Å². The SMILES string of the molecule is CC(C)(C)NCCC(O)c1ccc(Cl)cn1. The predicted molar refractivity (Wildman–Crippen MR) is 66.6 cm³/mol. The Labute approximate surface area is 102 Å². The summed E-state index contributed by atoms with van der Waals surface area (Å²) in [5, 5.41) is 13.8. The van der Waals surface area contributed by atoms with Gasteiger partial charge in [0.25, 0.3) is 0 Å². The number of halogens is 1. The molecule has 0 saturated carbocycles. The Kier molecular flexibility index (Phi) is 4.71. The lowest BCUT2D eigenvalue weighted by Gasteiger charge is -2.21. The Morgan fingerprint density at radius 3 is 2.62 bits per heavy atom. The monoisotopic (exact) mass is 242 g/mol. The van der Waals surface area contributed by atoms with Gasteiger partial charge in [-0.2, -0.15) is 0 Å². The summed E-state index contributed by atoms with van der Waals surface area (Å²) in [5.41, 5.74) is 0.743. The second-order valence-corrected chi connectivity index (χ2v) is 5.32. The average Bonchev–Trinajstić information content (AvgIpc) is 2.16. The lowest BCUT2D eigenvalue weighted by Crippen LogP contribution is -2.36. The van der Waals surface area contributed by atoms with Crippen LogP contribution in [-0.4, -0.2) is 22.2 Å². The number of aliphatic hydroxyl groups is 1. The van der Waals surface area contributed by atoms with E-state index in [1.807, 2.05) is 0 Å². The average molecular weight is 243 g/mol. The fourth-order valence-corrected chi connectivity index (χ4v) is 1.43. The minimum absolute atomic E-state index is 0.0765. The molecular formula is C12H19ClN2O. The molecule has 4 heteroatoms. The van der Waals surface area contributed by atoms with Crippen LogP contribution in [0.15, 0.2) is 18.3 Å². The number of hydrogen-bond acceptors (Lipinski definition) is 3. The summed E-state index contributed by atoms with van der Waals surface area (Å²) < 4.78 is 0. The molecule has 0 aliphatic heterocycles. The van der Waals surface area contributed by atoms with Crippen molar-refractivity contribution in [2.24, 2.45) is 0 Å². The normalized spacial score (nSPS) is 13.8. The highest BCUT2D eigenvalue weighted by molar-refractivity contribution is 6.30. The summed E-state index contributed by atoms with van der Waals surface area (Å²) in [6.45, 7) is 7.05. The largest absolute Gasteiger partial charge is 0.387 e. The van der Waals surface area contributed by atoms with Gasteiger partial charge in [0.05, 0.1) is 16.8 Å². The van der Waals surface area contributed by atoms with Gasteiger partial charge < -0.3 is 10.4 Å². The molecule has 1 aromatic rings. The molecule has 0 amide bonds. The van der Waals surface area contributed by atoms with Gasteiger partial charge in [0, 0.05) is 11.7 Å². The van der Waals surface area contributed by atoms with E-state index < -0.39 is 6.10 Å². The van der Waals surface area contributed by atoms with Crippen LogP contribution in [0.1, 0.15) is 39.0 Å². The van der Waals surface area contributed by atoms with E-state index in [4.69, 9.17) is 11.6 Å². The van der Waals surface area contributed by atoms with Gasteiger partial charge in [-0.3, -0.25) is 4.98 Å². The maximum absolute atomic E-state index is 9.86. The number of nitrogens with zero attached hydrogens (tertiary/aromatic N) is 1. The molecule has 0 saturated heterocycles. The molecule has 0 aliphatic rings. The highest BCUT2D eigenvalue weighted by Crippen LogP contribution is 2.16. The molecule has 1 rings (SSSR count). The van der Waals surface area contributed by atoms with Crippen LogP contribution in [0, 0.1) is 0 Å². The minimum atomic E-state index is -0.535. The third-order valence-electron chi connectivity index (χ3n) is 2.16. The lowest BCUT2D eigenvalue weighted by atomic mass is 10.1. The molecule has 0 aromatic carbocycles. The smallest absolute Gasteiger partial charge is 0.0971 e. The topological polar surface area (TPSA) is 45.1 Å². The Hall–Kier alpha value is -0.640. The van der Waals surface area contributed by atoms with Crippen LogP contribution in [0.5, 0.6) is 0 Å². The van der Waals surface area contributed by atoms with Crippen LogP contribution < -0.4 is 5.32 Å². The first-order valence-corrected chi connectivity index (χ1v) is 5.81. The maximum atomic E-state index is 9.86. The van der Waals surface area contributed by atoms with E-state index in [1.54, 1.807) is 18.3 Å². The van der Waals surface area contributed by atoms with E-state index in [9.17, 15) is 5.11 Å². The van der Waals surface area contributed by atoms with Crippen LogP contribution in [0.25, 0.3) is 0 Å². The first kappa shape index (κ1) is 13.4. The highest BCUT2D eigenvalue weighted by atomic mass is 35.5. The predicted octanol–water partition coefficient (Wildman–Crippen LogP) is 2.55. The maximum Gasteiger partial charge on any atom is 0.0971 e. The van der Waals surface area contributed by atoms with Crippen molar-refractivity contribution in [2.75, 3.05) is 6.54 Å². The molecule has 1 unspecified atom stereocenters. The van der Waals surface area contributed by atoms with Crippen LogP contribution >= 0.6 is 11.6 Å². The van der Waals surface area contributed by atoms with Gasteiger partial charge >= 0.3 is 0 Å². The molecule has 0 aliphatic carbocycles. The first-order valence-electron chi connectivity index (χ1n) is 5.43. The van der Waals surface area contributed by atoms with Gasteiger partial charge in [0.15, 0.2) is 0 Å². The molecule has 1 aromatic heterocycles. The van der Waals surface area contributed by atoms with Crippen molar-refractivity contribution in [3.05, 3.63) is 29.0 Å². The van der Waals surface area contributed by atoms with Crippen molar-refractivity contribution in [3.63, 3.8) is 0 Å². The molecule has 0 spiro atoms. The molecule has 1 heterocycles. The number of pyridine rings is 1. The van der Waals surface area contributed by atoms with Crippen molar-refractivity contribution in [1.29, 1.82) is 0 Å². The summed E-state index contributed by atoms with van der Waals surface area (Å²) in [6, 6.07) is 3.49. The zero-order valence-electron chi connectivity index (χ0n) is 10.00. The zero-order valence-corrected chi connectivity index (χ0v) is 10.8. The molecule has 0 fully saturated rings. The fourth-order valence-electron chi connectivity index (χ4n) is 1.32. The highest BCUT2D eigenvalue weighted by Gasteiger charge is 2.12. The van der Waals surface area contributed by atoms with E-state index in [-0.39, 0.29) is 5.54 Å². The molecule has 90 valence electrons. The molecular weight excluding hydrogens is 224 g/mol. The quantitative estimate of drug-likeness (QED) is 0.853.